The van der Waals surface area contributed by atoms with Crippen LogP contribution in [0.4, 0.5) is 0 Å². The molecule has 0 bridgehead atoms. The second-order valence-electron chi connectivity index (χ2n) is 7.44. The van der Waals surface area contributed by atoms with Crippen molar-refractivity contribution in [1.29, 1.82) is 0 Å². The van der Waals surface area contributed by atoms with Crippen LogP contribution in [0.15, 0.2) is 42.6 Å². The quantitative estimate of drug-likeness (QED) is 0.490. The van der Waals surface area contributed by atoms with E-state index in [1.54, 1.807) is 6.20 Å². The van der Waals surface area contributed by atoms with Gasteiger partial charge in [-0.05, 0) is 69.5 Å². The van der Waals surface area contributed by atoms with Crippen molar-refractivity contribution in [2.45, 2.75) is 32.6 Å². The van der Waals surface area contributed by atoms with Crippen LogP contribution in [0.25, 0.3) is 11.2 Å². The fourth-order valence-corrected chi connectivity index (χ4v) is 3.47. The topological polar surface area (TPSA) is 51.1 Å². The van der Waals surface area contributed by atoms with Crippen LogP contribution < -0.4 is 4.74 Å². The standard InChI is InChI=1S/C24H26N4O/c1-19-8-10-20(11-9-19)12-13-22-24(27-21-7-5-14-25-23(21)26-22)29-18-6-17-28-15-3-2-4-16-28/h5,7-11,14H,2-4,6,15-18H2,1H3. The van der Waals surface area contributed by atoms with Gasteiger partial charge in [0, 0.05) is 18.3 Å². The van der Waals surface area contributed by atoms with Crippen molar-refractivity contribution < 1.29 is 4.74 Å². The largest absolute Gasteiger partial charge is 0.476 e. The molecule has 1 saturated heterocycles. The molecule has 2 aromatic heterocycles. The Hall–Kier alpha value is -2.97. The Kier molecular flexibility index (Phi) is 6.33. The number of aromatic nitrogens is 3. The van der Waals surface area contributed by atoms with Gasteiger partial charge in [-0.2, -0.15) is 0 Å². The number of benzene rings is 1. The van der Waals surface area contributed by atoms with Gasteiger partial charge in [0.1, 0.15) is 5.52 Å². The highest BCUT2D eigenvalue weighted by Crippen LogP contribution is 2.18. The predicted octanol–water partition coefficient (Wildman–Crippen LogP) is 3.99. The van der Waals surface area contributed by atoms with E-state index in [4.69, 9.17) is 4.74 Å². The molecule has 29 heavy (non-hydrogen) atoms. The smallest absolute Gasteiger partial charge is 0.249 e. The Balaban J connectivity index is 1.50. The average molecular weight is 386 g/mol. The van der Waals surface area contributed by atoms with Crippen molar-refractivity contribution >= 4 is 11.2 Å². The summed E-state index contributed by atoms with van der Waals surface area (Å²) in [5.74, 6) is 6.79. The molecule has 5 nitrogen and oxygen atoms in total. The fraction of sp³-hybridized carbons (Fsp3) is 0.375. The van der Waals surface area contributed by atoms with Gasteiger partial charge in [0.2, 0.25) is 5.88 Å². The number of hydrogen-bond acceptors (Lipinski definition) is 5. The SMILES string of the molecule is Cc1ccc(C#Cc2nc3ncccc3nc2OCCCN2CCCCC2)cc1. The maximum atomic E-state index is 6.01. The van der Waals surface area contributed by atoms with E-state index >= 15 is 0 Å². The van der Waals surface area contributed by atoms with E-state index in [-0.39, 0.29) is 0 Å². The number of piperidine rings is 1. The highest BCUT2D eigenvalue weighted by molar-refractivity contribution is 5.71. The molecule has 0 saturated carbocycles. The lowest BCUT2D eigenvalue weighted by Crippen LogP contribution is -2.31. The summed E-state index contributed by atoms with van der Waals surface area (Å²) in [7, 11) is 0. The first kappa shape index (κ1) is 19.4. The summed E-state index contributed by atoms with van der Waals surface area (Å²) in [5, 5.41) is 0. The molecule has 1 aliphatic heterocycles. The minimum Gasteiger partial charge on any atom is -0.476 e. The molecule has 5 heteroatoms. The van der Waals surface area contributed by atoms with Gasteiger partial charge in [-0.3, -0.25) is 0 Å². The summed E-state index contributed by atoms with van der Waals surface area (Å²) < 4.78 is 6.01. The van der Waals surface area contributed by atoms with Crippen molar-refractivity contribution in [1.82, 2.24) is 19.9 Å². The van der Waals surface area contributed by atoms with Gasteiger partial charge in [0.15, 0.2) is 11.3 Å². The molecule has 0 unspecified atom stereocenters. The van der Waals surface area contributed by atoms with Crippen LogP contribution in [0.2, 0.25) is 0 Å². The molecule has 4 rings (SSSR count). The third-order valence-electron chi connectivity index (χ3n) is 5.09. The van der Waals surface area contributed by atoms with Gasteiger partial charge in [0.25, 0.3) is 0 Å². The average Bonchev–Trinajstić information content (AvgIpc) is 2.77. The summed E-state index contributed by atoms with van der Waals surface area (Å²) in [4.78, 5) is 16.0. The lowest BCUT2D eigenvalue weighted by atomic mass is 10.1. The Morgan fingerprint density at radius 2 is 1.83 bits per heavy atom. The number of hydrogen-bond donors (Lipinski definition) is 0. The van der Waals surface area contributed by atoms with Crippen LogP contribution >= 0.6 is 0 Å². The summed E-state index contributed by atoms with van der Waals surface area (Å²) in [6.45, 7) is 6.14. The van der Waals surface area contributed by atoms with Gasteiger partial charge < -0.3 is 9.64 Å². The zero-order chi connectivity index (χ0) is 19.9. The summed E-state index contributed by atoms with van der Waals surface area (Å²) in [5.41, 5.74) is 3.99. The van der Waals surface area contributed by atoms with E-state index in [9.17, 15) is 0 Å². The molecular formula is C24H26N4O. The summed E-state index contributed by atoms with van der Waals surface area (Å²) in [6.07, 6.45) is 6.66. The Morgan fingerprint density at radius 3 is 2.66 bits per heavy atom. The zero-order valence-electron chi connectivity index (χ0n) is 16.9. The van der Waals surface area contributed by atoms with E-state index in [0.29, 0.717) is 23.8 Å². The van der Waals surface area contributed by atoms with E-state index in [0.717, 1.165) is 24.0 Å². The molecule has 3 heterocycles. The molecule has 0 spiro atoms. The minimum atomic E-state index is 0.490. The lowest BCUT2D eigenvalue weighted by Gasteiger charge is -2.26. The molecule has 0 aliphatic carbocycles. The predicted molar refractivity (Wildman–Crippen MR) is 115 cm³/mol. The second kappa shape index (κ2) is 9.49. The third kappa shape index (κ3) is 5.30. The van der Waals surface area contributed by atoms with Crippen molar-refractivity contribution in [2.24, 2.45) is 0 Å². The van der Waals surface area contributed by atoms with Gasteiger partial charge in [-0.15, -0.1) is 0 Å². The molecule has 0 amide bonds. The van der Waals surface area contributed by atoms with E-state index < -0.39 is 0 Å². The number of fused-ring (bicyclic) bond motifs is 1. The van der Waals surface area contributed by atoms with Gasteiger partial charge >= 0.3 is 0 Å². The number of aryl methyl sites for hydroxylation is 1. The van der Waals surface area contributed by atoms with Crippen molar-refractivity contribution in [3.63, 3.8) is 0 Å². The van der Waals surface area contributed by atoms with Crippen LogP contribution in [0.5, 0.6) is 5.88 Å². The van der Waals surface area contributed by atoms with Crippen LogP contribution in [0.1, 0.15) is 42.5 Å². The van der Waals surface area contributed by atoms with Crippen LogP contribution in [-0.4, -0.2) is 46.1 Å². The molecule has 0 atom stereocenters. The van der Waals surface area contributed by atoms with Gasteiger partial charge in [0.05, 0.1) is 6.61 Å². The van der Waals surface area contributed by atoms with Gasteiger partial charge in [-0.25, -0.2) is 15.0 Å². The van der Waals surface area contributed by atoms with Crippen molar-refractivity contribution in [2.75, 3.05) is 26.2 Å². The van der Waals surface area contributed by atoms with E-state index in [2.05, 4.69) is 50.7 Å². The Morgan fingerprint density at radius 1 is 1.00 bits per heavy atom. The second-order valence-corrected chi connectivity index (χ2v) is 7.44. The van der Waals surface area contributed by atoms with E-state index in [1.807, 2.05) is 24.3 Å². The molecule has 0 radical (unpaired) electrons. The number of pyridine rings is 1. The minimum absolute atomic E-state index is 0.490. The summed E-state index contributed by atoms with van der Waals surface area (Å²) >= 11 is 0. The molecule has 0 N–H and O–H groups in total. The van der Waals surface area contributed by atoms with Crippen molar-refractivity contribution in [3.05, 3.63) is 59.4 Å². The number of likely N-dealkylation sites (tertiary alicyclic amines) is 1. The molecule has 3 aromatic rings. The number of ether oxygens (including phenoxy) is 1. The summed E-state index contributed by atoms with van der Waals surface area (Å²) in [6, 6.07) is 11.9. The van der Waals surface area contributed by atoms with Crippen LogP contribution in [0.3, 0.4) is 0 Å². The first-order valence-corrected chi connectivity index (χ1v) is 10.3. The zero-order valence-corrected chi connectivity index (χ0v) is 16.9. The molecule has 1 aromatic carbocycles. The van der Waals surface area contributed by atoms with Crippen LogP contribution in [-0.2, 0) is 0 Å². The molecule has 1 aliphatic rings. The van der Waals surface area contributed by atoms with Crippen molar-refractivity contribution in [3.8, 4) is 17.7 Å². The number of rotatable bonds is 5. The monoisotopic (exact) mass is 386 g/mol. The lowest BCUT2D eigenvalue weighted by molar-refractivity contribution is 0.203. The maximum Gasteiger partial charge on any atom is 0.249 e. The fourth-order valence-electron chi connectivity index (χ4n) is 3.47. The molecule has 1 fully saturated rings. The first-order chi connectivity index (χ1) is 14.3. The van der Waals surface area contributed by atoms with Crippen LogP contribution in [0, 0.1) is 18.8 Å². The normalized spacial score (nSPS) is 14.4. The highest BCUT2D eigenvalue weighted by atomic mass is 16.5. The Labute approximate surface area is 172 Å². The van der Waals surface area contributed by atoms with Gasteiger partial charge in [-0.1, -0.05) is 30.0 Å². The highest BCUT2D eigenvalue weighted by Gasteiger charge is 2.11. The molecular weight excluding hydrogens is 360 g/mol. The Bertz CT molecular complexity index is 1010. The molecule has 148 valence electrons. The maximum absolute atomic E-state index is 6.01. The number of nitrogens with zero attached hydrogens (tertiary/aromatic N) is 4. The first-order valence-electron chi connectivity index (χ1n) is 10.3. The van der Waals surface area contributed by atoms with E-state index in [1.165, 1.54) is 37.9 Å². The third-order valence-corrected chi connectivity index (χ3v) is 5.09.